The highest BCUT2D eigenvalue weighted by Gasteiger charge is 2.05. The molecular formula is C12H10BrN5. The first-order valence-corrected chi connectivity index (χ1v) is 5.99. The van der Waals surface area contributed by atoms with Crippen molar-refractivity contribution in [2.75, 3.05) is 11.1 Å². The lowest BCUT2D eigenvalue weighted by Gasteiger charge is -2.08. The maximum atomic E-state index is 8.81. The van der Waals surface area contributed by atoms with Gasteiger partial charge in [-0.2, -0.15) is 5.26 Å². The molecule has 3 N–H and O–H groups in total. The second kappa shape index (κ2) is 5.47. The number of anilines is 2. The molecule has 0 saturated carbocycles. The molecule has 0 saturated heterocycles. The number of nitrogen functional groups attached to an aromatic ring is 1. The minimum Gasteiger partial charge on any atom is -0.383 e. The summed E-state index contributed by atoms with van der Waals surface area (Å²) in [4.78, 5) is 7.94. The number of nitrogens with one attached hydrogen (secondary N) is 1. The van der Waals surface area contributed by atoms with Crippen molar-refractivity contribution >= 4 is 27.6 Å². The van der Waals surface area contributed by atoms with Crippen LogP contribution in [0.4, 0.5) is 11.6 Å². The van der Waals surface area contributed by atoms with E-state index in [1.54, 1.807) is 6.07 Å². The van der Waals surface area contributed by atoms with Gasteiger partial charge >= 0.3 is 0 Å². The number of nitriles is 1. The molecule has 1 heterocycles. The molecule has 0 spiro atoms. The molecule has 6 heteroatoms. The number of nitrogens with zero attached hydrogens (tertiary/aromatic N) is 3. The highest BCUT2D eigenvalue weighted by atomic mass is 79.9. The van der Waals surface area contributed by atoms with Crippen LogP contribution in [-0.4, -0.2) is 9.97 Å². The van der Waals surface area contributed by atoms with E-state index in [0.717, 1.165) is 5.56 Å². The lowest BCUT2D eigenvalue weighted by Crippen LogP contribution is -2.04. The van der Waals surface area contributed by atoms with Crippen molar-refractivity contribution in [3.05, 3.63) is 46.2 Å². The van der Waals surface area contributed by atoms with Gasteiger partial charge in [0, 0.05) is 6.54 Å². The van der Waals surface area contributed by atoms with Crippen LogP contribution in [0.1, 0.15) is 11.1 Å². The Labute approximate surface area is 113 Å². The predicted octanol–water partition coefficient (Wildman–Crippen LogP) is 2.31. The molecule has 0 unspecified atom stereocenters. The quantitative estimate of drug-likeness (QED) is 0.908. The van der Waals surface area contributed by atoms with Crippen LogP contribution in [0.25, 0.3) is 0 Å². The fourth-order valence-corrected chi connectivity index (χ4v) is 1.79. The molecule has 0 bridgehead atoms. The molecular weight excluding hydrogens is 294 g/mol. The van der Waals surface area contributed by atoms with Crippen molar-refractivity contribution in [3.8, 4) is 6.07 Å². The summed E-state index contributed by atoms with van der Waals surface area (Å²) in [5, 5.41) is 11.9. The number of rotatable bonds is 3. The van der Waals surface area contributed by atoms with Crippen LogP contribution in [0.15, 0.2) is 35.1 Å². The lowest BCUT2D eigenvalue weighted by atomic mass is 10.1. The van der Waals surface area contributed by atoms with Crippen molar-refractivity contribution in [1.29, 1.82) is 5.26 Å². The molecule has 90 valence electrons. The van der Waals surface area contributed by atoms with Gasteiger partial charge in [-0.1, -0.05) is 12.1 Å². The van der Waals surface area contributed by atoms with E-state index >= 15 is 0 Å². The summed E-state index contributed by atoms with van der Waals surface area (Å²) >= 11 is 3.32. The molecule has 18 heavy (non-hydrogen) atoms. The number of halogens is 1. The van der Waals surface area contributed by atoms with Crippen LogP contribution >= 0.6 is 15.9 Å². The van der Waals surface area contributed by atoms with E-state index in [0.29, 0.717) is 28.2 Å². The fourth-order valence-electron chi connectivity index (χ4n) is 1.44. The predicted molar refractivity (Wildman–Crippen MR) is 72.6 cm³/mol. The fraction of sp³-hybridized carbons (Fsp3) is 0.0833. The molecule has 0 amide bonds. The van der Waals surface area contributed by atoms with Crippen LogP contribution in [0.3, 0.4) is 0 Å². The standard InChI is InChI=1S/C12H10BrN5/c13-10-11(15)17-7-18-12(10)16-6-9-3-1-2-8(4-9)5-14/h1-4,7H,6H2,(H3,15,16,17,18). The van der Waals surface area contributed by atoms with E-state index < -0.39 is 0 Å². The maximum Gasteiger partial charge on any atom is 0.146 e. The Bertz CT molecular complexity index is 606. The third-order valence-corrected chi connectivity index (χ3v) is 3.11. The van der Waals surface area contributed by atoms with Gasteiger partial charge in [0.2, 0.25) is 0 Å². The van der Waals surface area contributed by atoms with Gasteiger partial charge in [0.1, 0.15) is 22.4 Å². The summed E-state index contributed by atoms with van der Waals surface area (Å²) in [6, 6.07) is 9.48. The summed E-state index contributed by atoms with van der Waals surface area (Å²) in [7, 11) is 0. The number of hydrogen-bond donors (Lipinski definition) is 2. The minimum atomic E-state index is 0.387. The molecule has 1 aromatic carbocycles. The van der Waals surface area contributed by atoms with Crippen LogP contribution in [0.2, 0.25) is 0 Å². The van der Waals surface area contributed by atoms with Gasteiger partial charge < -0.3 is 11.1 Å². The molecule has 0 fully saturated rings. The zero-order valence-electron chi connectivity index (χ0n) is 9.39. The summed E-state index contributed by atoms with van der Waals surface area (Å²) in [5.41, 5.74) is 7.29. The number of hydrogen-bond acceptors (Lipinski definition) is 5. The topological polar surface area (TPSA) is 87.6 Å². The summed E-state index contributed by atoms with van der Waals surface area (Å²) in [6.45, 7) is 0.560. The SMILES string of the molecule is N#Cc1cccc(CNc2ncnc(N)c2Br)c1. The largest absolute Gasteiger partial charge is 0.383 e. The number of aromatic nitrogens is 2. The Morgan fingerprint density at radius 2 is 2.22 bits per heavy atom. The average molecular weight is 304 g/mol. The molecule has 1 aromatic heterocycles. The molecule has 0 atom stereocenters. The first-order valence-electron chi connectivity index (χ1n) is 5.19. The van der Waals surface area contributed by atoms with Crippen LogP contribution in [-0.2, 0) is 6.54 Å². The Morgan fingerprint density at radius 1 is 1.39 bits per heavy atom. The lowest BCUT2D eigenvalue weighted by molar-refractivity contribution is 1.07. The van der Waals surface area contributed by atoms with Gasteiger partial charge in [0.15, 0.2) is 0 Å². The third kappa shape index (κ3) is 2.76. The summed E-state index contributed by atoms with van der Waals surface area (Å²) in [5.74, 6) is 1.02. The molecule has 0 aliphatic carbocycles. The second-order valence-corrected chi connectivity index (χ2v) is 4.38. The summed E-state index contributed by atoms with van der Waals surface area (Å²) < 4.78 is 0.640. The van der Waals surface area contributed by atoms with Crippen molar-refractivity contribution in [2.24, 2.45) is 0 Å². The normalized spacial score (nSPS) is 9.78. The van der Waals surface area contributed by atoms with Crippen molar-refractivity contribution in [2.45, 2.75) is 6.54 Å². The Hall–Kier alpha value is -2.13. The Morgan fingerprint density at radius 3 is 3.00 bits per heavy atom. The van der Waals surface area contributed by atoms with E-state index in [1.807, 2.05) is 18.2 Å². The number of nitrogens with two attached hydrogens (primary N) is 1. The zero-order valence-corrected chi connectivity index (χ0v) is 11.0. The second-order valence-electron chi connectivity index (χ2n) is 3.59. The van der Waals surface area contributed by atoms with Crippen LogP contribution in [0, 0.1) is 11.3 Å². The van der Waals surface area contributed by atoms with E-state index in [9.17, 15) is 0 Å². The maximum absolute atomic E-state index is 8.81. The zero-order chi connectivity index (χ0) is 13.0. The molecule has 0 aliphatic heterocycles. The Kier molecular flexibility index (Phi) is 3.75. The first-order chi connectivity index (χ1) is 8.70. The van der Waals surface area contributed by atoms with Crippen LogP contribution < -0.4 is 11.1 Å². The smallest absolute Gasteiger partial charge is 0.146 e. The van der Waals surface area contributed by atoms with Gasteiger partial charge in [-0.05, 0) is 33.6 Å². The van der Waals surface area contributed by atoms with E-state index in [2.05, 4.69) is 37.3 Å². The van der Waals surface area contributed by atoms with Crippen LogP contribution in [0.5, 0.6) is 0 Å². The highest BCUT2D eigenvalue weighted by molar-refractivity contribution is 9.10. The minimum absolute atomic E-state index is 0.387. The van der Waals surface area contributed by atoms with E-state index in [1.165, 1.54) is 6.33 Å². The summed E-state index contributed by atoms with van der Waals surface area (Å²) in [6.07, 6.45) is 1.40. The molecule has 0 aliphatic rings. The number of benzene rings is 1. The molecule has 5 nitrogen and oxygen atoms in total. The van der Waals surface area contributed by atoms with E-state index in [-0.39, 0.29) is 0 Å². The monoisotopic (exact) mass is 303 g/mol. The average Bonchev–Trinajstić information content (AvgIpc) is 2.41. The van der Waals surface area contributed by atoms with Crippen molar-refractivity contribution in [1.82, 2.24) is 9.97 Å². The highest BCUT2D eigenvalue weighted by Crippen LogP contribution is 2.24. The van der Waals surface area contributed by atoms with Gasteiger partial charge in [0.25, 0.3) is 0 Å². The van der Waals surface area contributed by atoms with Crippen molar-refractivity contribution < 1.29 is 0 Å². The van der Waals surface area contributed by atoms with Gasteiger partial charge in [-0.15, -0.1) is 0 Å². The van der Waals surface area contributed by atoms with Gasteiger partial charge in [0.05, 0.1) is 11.6 Å². The third-order valence-electron chi connectivity index (χ3n) is 2.33. The first kappa shape index (κ1) is 12.3. The van der Waals surface area contributed by atoms with Crippen molar-refractivity contribution in [3.63, 3.8) is 0 Å². The Balaban J connectivity index is 2.12. The molecule has 2 rings (SSSR count). The molecule has 0 radical (unpaired) electrons. The van der Waals surface area contributed by atoms with Gasteiger partial charge in [-0.3, -0.25) is 0 Å². The van der Waals surface area contributed by atoms with Gasteiger partial charge in [-0.25, -0.2) is 9.97 Å². The van der Waals surface area contributed by atoms with E-state index in [4.69, 9.17) is 11.0 Å². The molecule has 2 aromatic rings.